The number of hydrogen-bond acceptors (Lipinski definition) is 3. The summed E-state index contributed by atoms with van der Waals surface area (Å²) < 4.78 is 13.4. The number of halogens is 2. The molecular weight excluding hydrogens is 277 g/mol. The van der Waals surface area contributed by atoms with Crippen LogP contribution in [0.5, 0.6) is 5.75 Å². The van der Waals surface area contributed by atoms with Crippen molar-refractivity contribution >= 4 is 15.9 Å². The maximum atomic E-state index is 13.1. The Bertz CT molecular complexity index is 371. The zero-order valence-corrected chi connectivity index (χ0v) is 10.8. The summed E-state index contributed by atoms with van der Waals surface area (Å²) >= 11 is 3.07. The summed E-state index contributed by atoms with van der Waals surface area (Å²) in [5.74, 6) is -0.588. The van der Waals surface area contributed by atoms with Gasteiger partial charge in [0.1, 0.15) is 11.6 Å². The molecule has 0 fully saturated rings. The fraction of sp³-hybridized carbons (Fsp3) is 0.455. The summed E-state index contributed by atoms with van der Waals surface area (Å²) in [6.45, 7) is 3.91. The molecule has 0 saturated carbocycles. The molecule has 0 aliphatic rings. The molecular formula is C11H15BrFNO2. The molecule has 0 radical (unpaired) electrons. The van der Waals surface area contributed by atoms with Crippen LogP contribution in [0.25, 0.3) is 0 Å². The maximum Gasteiger partial charge on any atom is 0.141 e. The first-order chi connectivity index (χ1) is 7.41. The molecule has 0 spiro atoms. The summed E-state index contributed by atoms with van der Waals surface area (Å²) in [7, 11) is 0. The van der Waals surface area contributed by atoms with E-state index in [0.717, 1.165) is 6.07 Å². The van der Waals surface area contributed by atoms with E-state index < -0.39 is 11.9 Å². The molecule has 1 unspecified atom stereocenters. The number of rotatable bonds is 4. The lowest BCUT2D eigenvalue weighted by atomic mass is 10.1. The third kappa shape index (κ3) is 3.43. The van der Waals surface area contributed by atoms with Crippen molar-refractivity contribution in [1.82, 2.24) is 5.32 Å². The molecule has 1 aromatic rings. The minimum Gasteiger partial charge on any atom is -0.508 e. The van der Waals surface area contributed by atoms with E-state index in [9.17, 15) is 9.50 Å². The second-order valence-electron chi connectivity index (χ2n) is 3.80. The lowest BCUT2D eigenvalue weighted by Gasteiger charge is -2.17. The zero-order chi connectivity index (χ0) is 12.3. The highest BCUT2D eigenvalue weighted by Crippen LogP contribution is 2.29. The molecule has 0 heterocycles. The smallest absolute Gasteiger partial charge is 0.141 e. The van der Waals surface area contributed by atoms with Gasteiger partial charge in [0.2, 0.25) is 0 Å². The maximum absolute atomic E-state index is 13.1. The topological polar surface area (TPSA) is 52.5 Å². The van der Waals surface area contributed by atoms with E-state index in [1.807, 2.05) is 6.92 Å². The van der Waals surface area contributed by atoms with Crippen LogP contribution < -0.4 is 5.32 Å². The third-order valence-electron chi connectivity index (χ3n) is 2.26. The Morgan fingerprint density at radius 3 is 2.62 bits per heavy atom. The van der Waals surface area contributed by atoms with E-state index in [1.165, 1.54) is 6.07 Å². The van der Waals surface area contributed by atoms with E-state index in [0.29, 0.717) is 16.6 Å². The van der Waals surface area contributed by atoms with Gasteiger partial charge in [-0.3, -0.25) is 0 Å². The van der Waals surface area contributed by atoms with Crippen LogP contribution in [0.1, 0.15) is 25.5 Å². The van der Waals surface area contributed by atoms with Gasteiger partial charge in [-0.15, -0.1) is 0 Å². The number of benzene rings is 1. The van der Waals surface area contributed by atoms with Crippen molar-refractivity contribution in [3.8, 4) is 5.75 Å². The lowest BCUT2D eigenvalue weighted by Crippen LogP contribution is -2.27. The van der Waals surface area contributed by atoms with Gasteiger partial charge in [-0.25, -0.2) is 4.39 Å². The van der Waals surface area contributed by atoms with Gasteiger partial charge in [0.05, 0.1) is 10.6 Å². The monoisotopic (exact) mass is 291 g/mol. The van der Waals surface area contributed by atoms with E-state index in [-0.39, 0.29) is 11.8 Å². The van der Waals surface area contributed by atoms with E-state index in [1.54, 1.807) is 6.92 Å². The molecule has 0 aliphatic carbocycles. The summed E-state index contributed by atoms with van der Waals surface area (Å²) in [5.41, 5.74) is 0.592. The number of phenolic OH excluding ortho intramolecular Hbond substituents is 1. The first-order valence-corrected chi connectivity index (χ1v) is 5.80. The molecule has 1 rings (SSSR count). The van der Waals surface area contributed by atoms with Crippen LogP contribution in [0.2, 0.25) is 0 Å². The second-order valence-corrected chi connectivity index (χ2v) is 4.66. The van der Waals surface area contributed by atoms with E-state index >= 15 is 0 Å². The normalized spacial score (nSPS) is 14.8. The highest BCUT2D eigenvalue weighted by atomic mass is 79.9. The van der Waals surface area contributed by atoms with Crippen molar-refractivity contribution in [3.05, 3.63) is 28.0 Å². The molecule has 3 N–H and O–H groups in total. The van der Waals surface area contributed by atoms with Crippen molar-refractivity contribution in [2.45, 2.75) is 26.0 Å². The van der Waals surface area contributed by atoms with Crippen LogP contribution in [-0.2, 0) is 0 Å². The highest BCUT2D eigenvalue weighted by molar-refractivity contribution is 9.10. The minimum atomic E-state index is -0.496. The molecule has 0 bridgehead atoms. The van der Waals surface area contributed by atoms with Crippen molar-refractivity contribution in [2.75, 3.05) is 6.54 Å². The number of aliphatic hydroxyl groups excluding tert-OH is 1. The predicted octanol–water partition coefficient (Wildman–Crippen LogP) is 2.33. The number of hydrogen-bond donors (Lipinski definition) is 3. The van der Waals surface area contributed by atoms with Crippen LogP contribution in [0, 0.1) is 5.82 Å². The quantitative estimate of drug-likeness (QED) is 0.798. The van der Waals surface area contributed by atoms with Gasteiger partial charge in [-0.1, -0.05) is 0 Å². The number of aromatic hydroxyl groups is 1. The van der Waals surface area contributed by atoms with Gasteiger partial charge < -0.3 is 15.5 Å². The minimum absolute atomic E-state index is 0.0914. The summed E-state index contributed by atoms with van der Waals surface area (Å²) in [5, 5.41) is 21.7. The Labute approximate surface area is 102 Å². The molecule has 2 atom stereocenters. The van der Waals surface area contributed by atoms with Crippen molar-refractivity contribution in [2.24, 2.45) is 0 Å². The average molecular weight is 292 g/mol. The summed E-state index contributed by atoms with van der Waals surface area (Å²) in [6.07, 6.45) is -0.464. The largest absolute Gasteiger partial charge is 0.508 e. The van der Waals surface area contributed by atoms with Gasteiger partial charge in [0.25, 0.3) is 0 Å². The average Bonchev–Trinajstić information content (AvgIpc) is 2.20. The fourth-order valence-corrected chi connectivity index (χ4v) is 1.72. The fourth-order valence-electron chi connectivity index (χ4n) is 1.36. The standard InChI is InChI=1S/C11H15BrFNO2/c1-6(15)5-14-7(2)8-3-9(12)10(13)4-11(8)16/h3-4,6-7,14-16H,5H2,1-2H3/t6-,7?/m1/s1. The molecule has 5 heteroatoms. The molecule has 0 aliphatic heterocycles. The molecule has 3 nitrogen and oxygen atoms in total. The second kappa shape index (κ2) is 5.61. The van der Waals surface area contributed by atoms with Crippen molar-refractivity contribution < 1.29 is 14.6 Å². The Hall–Kier alpha value is -0.650. The van der Waals surface area contributed by atoms with Gasteiger partial charge in [0.15, 0.2) is 0 Å². The van der Waals surface area contributed by atoms with Crippen LogP contribution in [0.4, 0.5) is 4.39 Å². The predicted molar refractivity (Wildman–Crippen MR) is 63.9 cm³/mol. The molecule has 16 heavy (non-hydrogen) atoms. The van der Waals surface area contributed by atoms with Gasteiger partial charge >= 0.3 is 0 Å². The lowest BCUT2D eigenvalue weighted by molar-refractivity contribution is 0.187. The number of phenols is 1. The van der Waals surface area contributed by atoms with Crippen LogP contribution in [0.3, 0.4) is 0 Å². The molecule has 1 aromatic carbocycles. The first-order valence-electron chi connectivity index (χ1n) is 5.01. The van der Waals surface area contributed by atoms with Gasteiger partial charge in [0, 0.05) is 24.2 Å². The Kier molecular flexibility index (Phi) is 4.70. The van der Waals surface area contributed by atoms with Gasteiger partial charge in [-0.05, 0) is 35.8 Å². The van der Waals surface area contributed by atoms with Crippen LogP contribution >= 0.6 is 15.9 Å². The molecule has 0 saturated heterocycles. The SMILES string of the molecule is CC(NC[C@@H](C)O)c1cc(Br)c(F)cc1O. The van der Waals surface area contributed by atoms with Gasteiger partial charge in [-0.2, -0.15) is 0 Å². The van der Waals surface area contributed by atoms with Crippen LogP contribution in [-0.4, -0.2) is 22.9 Å². The highest BCUT2D eigenvalue weighted by Gasteiger charge is 2.13. The number of aliphatic hydroxyl groups is 1. The Balaban J connectivity index is 2.82. The van der Waals surface area contributed by atoms with Crippen molar-refractivity contribution in [3.63, 3.8) is 0 Å². The van der Waals surface area contributed by atoms with E-state index in [2.05, 4.69) is 21.2 Å². The first kappa shape index (κ1) is 13.4. The Morgan fingerprint density at radius 2 is 2.06 bits per heavy atom. The van der Waals surface area contributed by atoms with E-state index in [4.69, 9.17) is 5.11 Å². The van der Waals surface area contributed by atoms with Crippen LogP contribution in [0.15, 0.2) is 16.6 Å². The third-order valence-corrected chi connectivity index (χ3v) is 2.86. The van der Waals surface area contributed by atoms with Crippen molar-refractivity contribution in [1.29, 1.82) is 0 Å². The molecule has 0 amide bonds. The molecule has 90 valence electrons. The summed E-state index contributed by atoms with van der Waals surface area (Å²) in [6, 6.07) is 2.44. The summed E-state index contributed by atoms with van der Waals surface area (Å²) in [4.78, 5) is 0. The zero-order valence-electron chi connectivity index (χ0n) is 9.17. The Morgan fingerprint density at radius 1 is 1.44 bits per heavy atom. The number of nitrogens with one attached hydrogen (secondary N) is 1. The molecule has 0 aromatic heterocycles.